The molecule has 0 saturated carbocycles. The molecule has 10 nitrogen and oxygen atoms in total. The second-order valence-corrected chi connectivity index (χ2v) is 11.4. The summed E-state index contributed by atoms with van der Waals surface area (Å²) >= 11 is 0. The number of aromatic nitrogens is 3. The van der Waals surface area contributed by atoms with Crippen LogP contribution in [-0.4, -0.2) is 63.6 Å². The minimum absolute atomic E-state index is 0.176. The Balaban J connectivity index is 1.60. The lowest BCUT2D eigenvalue weighted by atomic mass is 10.1. The SMILES string of the molecule is CCO[Si](CCCn1cc(COc2ccccc2C(=O)/C=C/c2ccc(OC)cc2OC)nn1)(OCC)OCC. The number of ketones is 1. The summed E-state index contributed by atoms with van der Waals surface area (Å²) in [7, 11) is 0.470. The number of methoxy groups -OCH3 is 2. The maximum atomic E-state index is 13.0. The van der Waals surface area contributed by atoms with E-state index in [4.69, 9.17) is 27.5 Å². The van der Waals surface area contributed by atoms with Crippen LogP contribution >= 0.6 is 0 Å². The van der Waals surface area contributed by atoms with E-state index in [-0.39, 0.29) is 12.4 Å². The number of allylic oxidation sites excluding steroid dienone is 1. The van der Waals surface area contributed by atoms with Crippen molar-refractivity contribution in [3.8, 4) is 17.2 Å². The molecule has 0 spiro atoms. The van der Waals surface area contributed by atoms with Crippen molar-refractivity contribution in [3.05, 3.63) is 71.6 Å². The smallest absolute Gasteiger partial charge is 0.497 e. The van der Waals surface area contributed by atoms with Gasteiger partial charge in [-0.15, -0.1) is 5.10 Å². The van der Waals surface area contributed by atoms with Crippen molar-refractivity contribution in [1.82, 2.24) is 15.0 Å². The molecule has 0 aliphatic carbocycles. The predicted octanol–water partition coefficient (Wildman–Crippen LogP) is 5.21. The zero-order valence-electron chi connectivity index (χ0n) is 23.9. The third kappa shape index (κ3) is 8.75. The maximum Gasteiger partial charge on any atom is 0.500 e. The van der Waals surface area contributed by atoms with Crippen LogP contribution < -0.4 is 14.2 Å². The molecule has 11 heteroatoms. The molecule has 0 saturated heterocycles. The number of rotatable bonds is 18. The van der Waals surface area contributed by atoms with Gasteiger partial charge in [-0.25, -0.2) is 0 Å². The fourth-order valence-corrected chi connectivity index (χ4v) is 6.73. The van der Waals surface area contributed by atoms with E-state index < -0.39 is 8.80 Å². The number of aryl methyl sites for hydroxylation is 1. The Morgan fingerprint density at radius 1 is 0.950 bits per heavy atom. The molecule has 0 aliphatic rings. The minimum atomic E-state index is -2.69. The van der Waals surface area contributed by atoms with Gasteiger partial charge in [-0.05, 0) is 63.6 Å². The number of hydrogen-bond acceptors (Lipinski definition) is 9. The summed E-state index contributed by atoms with van der Waals surface area (Å²) < 4.78 is 36.2. The maximum absolute atomic E-state index is 13.0. The van der Waals surface area contributed by atoms with Crippen LogP contribution in [0.2, 0.25) is 6.04 Å². The van der Waals surface area contributed by atoms with E-state index in [1.54, 1.807) is 49.2 Å². The zero-order chi connectivity index (χ0) is 28.8. The van der Waals surface area contributed by atoms with Crippen molar-refractivity contribution in [3.63, 3.8) is 0 Å². The van der Waals surface area contributed by atoms with E-state index in [0.29, 0.717) is 60.9 Å². The first-order chi connectivity index (χ1) is 19.5. The molecule has 1 aromatic heterocycles. The summed E-state index contributed by atoms with van der Waals surface area (Å²) in [5.74, 6) is 1.56. The van der Waals surface area contributed by atoms with Crippen LogP contribution in [0.25, 0.3) is 6.08 Å². The fraction of sp³-hybridized carbons (Fsp3) is 0.414. The lowest BCUT2D eigenvalue weighted by Crippen LogP contribution is -2.46. The molecular weight excluding hydrogens is 530 g/mol. The third-order valence-electron chi connectivity index (χ3n) is 5.93. The van der Waals surface area contributed by atoms with Gasteiger partial charge in [0.05, 0.1) is 26.0 Å². The van der Waals surface area contributed by atoms with Crippen molar-refractivity contribution in [2.45, 2.75) is 46.4 Å². The summed E-state index contributed by atoms with van der Waals surface area (Å²) in [5.41, 5.74) is 1.86. The summed E-state index contributed by atoms with van der Waals surface area (Å²) in [6.45, 7) is 8.31. The average Bonchev–Trinajstić information content (AvgIpc) is 3.43. The van der Waals surface area contributed by atoms with Crippen LogP contribution in [0.3, 0.4) is 0 Å². The first-order valence-electron chi connectivity index (χ1n) is 13.4. The Labute approximate surface area is 237 Å². The molecule has 2 aromatic carbocycles. The lowest BCUT2D eigenvalue weighted by Gasteiger charge is -2.28. The van der Waals surface area contributed by atoms with Crippen molar-refractivity contribution >= 4 is 20.7 Å². The number of ether oxygens (including phenoxy) is 3. The number of nitrogens with zero attached hydrogens (tertiary/aromatic N) is 3. The van der Waals surface area contributed by atoms with Crippen molar-refractivity contribution < 1.29 is 32.3 Å². The highest BCUT2D eigenvalue weighted by atomic mass is 28.4. The number of carbonyl (C=O) groups is 1. The van der Waals surface area contributed by atoms with Crippen molar-refractivity contribution in [2.75, 3.05) is 34.0 Å². The number of carbonyl (C=O) groups excluding carboxylic acids is 1. The van der Waals surface area contributed by atoms with Gasteiger partial charge in [0.2, 0.25) is 0 Å². The normalized spacial score (nSPS) is 11.6. The van der Waals surface area contributed by atoms with Gasteiger partial charge in [0.15, 0.2) is 5.78 Å². The molecule has 1 heterocycles. The molecule has 0 radical (unpaired) electrons. The van der Waals surface area contributed by atoms with Gasteiger partial charge in [-0.2, -0.15) is 0 Å². The Morgan fingerprint density at radius 3 is 2.35 bits per heavy atom. The quantitative estimate of drug-likeness (QED) is 0.116. The first kappa shape index (κ1) is 31.0. The summed E-state index contributed by atoms with van der Waals surface area (Å²) in [5, 5.41) is 8.44. The summed E-state index contributed by atoms with van der Waals surface area (Å²) in [4.78, 5) is 13.0. The largest absolute Gasteiger partial charge is 0.500 e. The molecule has 0 fully saturated rings. The topological polar surface area (TPSA) is 103 Å². The van der Waals surface area contributed by atoms with Gasteiger partial charge in [0.1, 0.15) is 29.5 Å². The molecule has 3 aromatic rings. The van der Waals surface area contributed by atoms with Crippen LogP contribution in [0.15, 0.2) is 54.7 Å². The van der Waals surface area contributed by atoms with E-state index in [9.17, 15) is 4.79 Å². The molecule has 0 amide bonds. The van der Waals surface area contributed by atoms with E-state index in [1.807, 2.05) is 45.2 Å². The highest BCUT2D eigenvalue weighted by molar-refractivity contribution is 6.60. The Hall–Kier alpha value is -3.51. The van der Waals surface area contributed by atoms with Gasteiger partial charge >= 0.3 is 8.80 Å². The molecule has 0 unspecified atom stereocenters. The Kier molecular flexibility index (Phi) is 12.3. The summed E-state index contributed by atoms with van der Waals surface area (Å²) in [6.07, 6.45) is 5.83. The molecule has 3 rings (SSSR count). The van der Waals surface area contributed by atoms with Crippen molar-refractivity contribution in [2.24, 2.45) is 0 Å². The Bertz CT molecular complexity index is 1230. The van der Waals surface area contributed by atoms with Crippen LogP contribution in [-0.2, 0) is 26.4 Å². The molecule has 40 heavy (non-hydrogen) atoms. The van der Waals surface area contributed by atoms with E-state index in [1.165, 1.54) is 6.08 Å². The molecule has 0 atom stereocenters. The summed E-state index contributed by atoms with van der Waals surface area (Å²) in [6, 6.07) is 13.2. The van der Waals surface area contributed by atoms with Crippen LogP contribution in [0.4, 0.5) is 0 Å². The molecular formula is C29H39N3O7Si. The number of benzene rings is 2. The fourth-order valence-electron chi connectivity index (χ4n) is 4.13. The molecule has 0 bridgehead atoms. The van der Waals surface area contributed by atoms with Crippen molar-refractivity contribution in [1.29, 1.82) is 0 Å². The lowest BCUT2D eigenvalue weighted by molar-refractivity contribution is 0.0704. The number of para-hydroxylation sites is 1. The van der Waals surface area contributed by atoms with Crippen LogP contribution in [0.5, 0.6) is 17.2 Å². The predicted molar refractivity (Wildman–Crippen MR) is 154 cm³/mol. The minimum Gasteiger partial charge on any atom is -0.497 e. The van der Waals surface area contributed by atoms with Gasteiger partial charge in [0, 0.05) is 44.0 Å². The average molecular weight is 570 g/mol. The zero-order valence-corrected chi connectivity index (χ0v) is 24.9. The van der Waals surface area contributed by atoms with Gasteiger partial charge in [-0.3, -0.25) is 9.48 Å². The van der Waals surface area contributed by atoms with E-state index in [0.717, 1.165) is 12.0 Å². The number of hydrogen-bond donors (Lipinski definition) is 0. The van der Waals surface area contributed by atoms with Gasteiger partial charge < -0.3 is 27.5 Å². The third-order valence-corrected chi connectivity index (χ3v) is 9.08. The second kappa shape index (κ2) is 15.9. The van der Waals surface area contributed by atoms with Crippen LogP contribution in [0, 0.1) is 0 Å². The first-order valence-corrected chi connectivity index (χ1v) is 15.4. The van der Waals surface area contributed by atoms with Gasteiger partial charge in [-0.1, -0.05) is 17.3 Å². The monoisotopic (exact) mass is 569 g/mol. The van der Waals surface area contributed by atoms with Gasteiger partial charge in [0.25, 0.3) is 0 Å². The molecule has 0 aliphatic heterocycles. The molecule has 0 N–H and O–H groups in total. The highest BCUT2D eigenvalue weighted by Crippen LogP contribution is 2.26. The molecule has 216 valence electrons. The van der Waals surface area contributed by atoms with Crippen LogP contribution in [0.1, 0.15) is 48.8 Å². The standard InChI is InChI=1S/C29H39N3O7Si/c1-6-37-40(38-7-2,39-8-3)19-11-18-32-21-24(30-31-32)22-36-28-13-10-9-12-26(28)27(33)17-15-23-14-16-25(34-4)20-29(23)35-5/h9-10,12-17,20-21H,6-8,11,18-19,22H2,1-5H3/b17-15+. The van der Waals surface area contributed by atoms with E-state index in [2.05, 4.69) is 10.3 Å². The van der Waals surface area contributed by atoms with E-state index >= 15 is 0 Å². The Morgan fingerprint density at radius 2 is 1.68 bits per heavy atom. The second-order valence-electron chi connectivity index (χ2n) is 8.65. The highest BCUT2D eigenvalue weighted by Gasteiger charge is 2.39.